The van der Waals surface area contributed by atoms with Gasteiger partial charge in [0.2, 0.25) is 5.95 Å². The Morgan fingerprint density at radius 2 is 1.96 bits per heavy atom. The van der Waals surface area contributed by atoms with Crippen LogP contribution in [0.2, 0.25) is 5.02 Å². The van der Waals surface area contributed by atoms with Crippen molar-refractivity contribution in [2.24, 2.45) is 0 Å². The average molecular weight is 332 g/mol. The van der Waals surface area contributed by atoms with Crippen LogP contribution in [0.25, 0.3) is 11.4 Å². The van der Waals surface area contributed by atoms with E-state index in [-0.39, 0.29) is 5.95 Å². The van der Waals surface area contributed by atoms with Crippen molar-refractivity contribution in [3.05, 3.63) is 47.4 Å². The number of rotatable bonds is 3. The van der Waals surface area contributed by atoms with Gasteiger partial charge in [-0.25, -0.2) is 14.4 Å². The van der Waals surface area contributed by atoms with E-state index in [1.807, 2.05) is 0 Å². The summed E-state index contributed by atoms with van der Waals surface area (Å²) in [4.78, 5) is 20.2. The summed E-state index contributed by atoms with van der Waals surface area (Å²) < 4.78 is 13.3. The van der Waals surface area contributed by atoms with E-state index < -0.39 is 5.82 Å². The van der Waals surface area contributed by atoms with Gasteiger partial charge >= 0.3 is 0 Å². The van der Waals surface area contributed by atoms with E-state index in [0.717, 1.165) is 6.20 Å². The molecular formula is C14H11ClFN7. The van der Waals surface area contributed by atoms with E-state index in [0.29, 0.717) is 33.7 Å². The molecule has 3 aromatic heterocycles. The zero-order valence-corrected chi connectivity index (χ0v) is 12.7. The van der Waals surface area contributed by atoms with E-state index >= 15 is 0 Å². The largest absolute Gasteiger partial charge is 0.368 e. The first kappa shape index (κ1) is 15.0. The number of halogens is 2. The number of nitrogens with two attached hydrogens (primary N) is 1. The molecule has 3 heterocycles. The summed E-state index contributed by atoms with van der Waals surface area (Å²) in [6, 6.07) is 2.93. The Morgan fingerprint density at radius 1 is 1.13 bits per heavy atom. The molecule has 0 spiro atoms. The summed E-state index contributed by atoms with van der Waals surface area (Å²) in [7, 11) is 0. The molecule has 0 saturated heterocycles. The highest BCUT2D eigenvalue weighted by Crippen LogP contribution is 2.28. The number of anilines is 3. The zero-order chi connectivity index (χ0) is 16.4. The van der Waals surface area contributed by atoms with Gasteiger partial charge in [0, 0.05) is 12.3 Å². The fourth-order valence-electron chi connectivity index (χ4n) is 1.95. The third-order valence-corrected chi connectivity index (χ3v) is 3.03. The second-order valence-electron chi connectivity index (χ2n) is 4.63. The van der Waals surface area contributed by atoms with Crippen molar-refractivity contribution in [3.63, 3.8) is 0 Å². The summed E-state index contributed by atoms with van der Waals surface area (Å²) in [6.07, 6.45) is 4.03. The predicted molar refractivity (Wildman–Crippen MR) is 84.7 cm³/mol. The van der Waals surface area contributed by atoms with Crippen LogP contribution in [0, 0.1) is 12.7 Å². The highest BCUT2D eigenvalue weighted by molar-refractivity contribution is 6.30. The maximum Gasteiger partial charge on any atom is 0.223 e. The van der Waals surface area contributed by atoms with E-state index in [9.17, 15) is 4.39 Å². The number of aromatic nitrogens is 5. The molecule has 3 N–H and O–H groups in total. The number of nitrogens with one attached hydrogen (secondary N) is 1. The molecular weight excluding hydrogens is 321 g/mol. The Morgan fingerprint density at radius 3 is 2.70 bits per heavy atom. The van der Waals surface area contributed by atoms with Gasteiger partial charge < -0.3 is 11.1 Å². The van der Waals surface area contributed by atoms with Crippen LogP contribution >= 0.6 is 11.6 Å². The Bertz CT molecular complexity index is 851. The number of hydrogen-bond acceptors (Lipinski definition) is 7. The SMILES string of the molecule is Cc1nc(N)nc(-c2cc(Cl)cnc2Nc2cncc(F)c2)n1. The molecule has 0 fully saturated rings. The molecule has 0 radical (unpaired) electrons. The lowest BCUT2D eigenvalue weighted by Gasteiger charge is -2.11. The summed E-state index contributed by atoms with van der Waals surface area (Å²) >= 11 is 6.01. The molecule has 3 aromatic rings. The van der Waals surface area contributed by atoms with E-state index in [2.05, 4.69) is 30.2 Å². The van der Waals surface area contributed by atoms with Gasteiger partial charge in [-0.15, -0.1) is 0 Å². The van der Waals surface area contributed by atoms with Crippen molar-refractivity contribution in [3.8, 4) is 11.4 Å². The molecule has 116 valence electrons. The van der Waals surface area contributed by atoms with Crippen molar-refractivity contribution in [2.75, 3.05) is 11.1 Å². The fraction of sp³-hybridized carbons (Fsp3) is 0.0714. The molecule has 0 aliphatic heterocycles. The van der Waals surface area contributed by atoms with Crippen LogP contribution in [0.3, 0.4) is 0 Å². The van der Waals surface area contributed by atoms with Crippen molar-refractivity contribution in [1.82, 2.24) is 24.9 Å². The van der Waals surface area contributed by atoms with Gasteiger partial charge in [0.1, 0.15) is 17.5 Å². The monoisotopic (exact) mass is 331 g/mol. The standard InChI is InChI=1S/C14H11ClFN7/c1-7-20-13(23-14(17)21-7)11-2-8(15)4-19-12(11)22-10-3-9(16)5-18-6-10/h2-6H,1H3,(H,19,22)(H2,17,20,21,23). The highest BCUT2D eigenvalue weighted by Gasteiger charge is 2.13. The second-order valence-corrected chi connectivity index (χ2v) is 5.07. The van der Waals surface area contributed by atoms with Crippen LogP contribution in [0.5, 0.6) is 0 Å². The molecule has 0 atom stereocenters. The number of hydrogen-bond donors (Lipinski definition) is 2. The number of nitrogens with zero attached hydrogens (tertiary/aromatic N) is 5. The molecule has 0 aliphatic carbocycles. The van der Waals surface area contributed by atoms with Crippen LogP contribution in [0.4, 0.5) is 21.8 Å². The lowest BCUT2D eigenvalue weighted by Crippen LogP contribution is -2.04. The van der Waals surface area contributed by atoms with Gasteiger partial charge in [-0.1, -0.05) is 11.6 Å². The number of nitrogen functional groups attached to an aromatic ring is 1. The second kappa shape index (κ2) is 6.09. The molecule has 0 aliphatic rings. The average Bonchev–Trinajstić information content (AvgIpc) is 2.48. The third-order valence-electron chi connectivity index (χ3n) is 2.83. The number of aryl methyl sites for hydroxylation is 1. The van der Waals surface area contributed by atoms with Gasteiger partial charge in [0.15, 0.2) is 5.82 Å². The van der Waals surface area contributed by atoms with E-state index in [1.165, 1.54) is 18.5 Å². The molecule has 0 aromatic carbocycles. The first-order valence-corrected chi connectivity index (χ1v) is 6.91. The van der Waals surface area contributed by atoms with Gasteiger partial charge in [-0.3, -0.25) is 4.98 Å². The van der Waals surface area contributed by atoms with Gasteiger partial charge in [-0.05, 0) is 13.0 Å². The summed E-state index contributed by atoms with van der Waals surface area (Å²) in [6.45, 7) is 1.70. The summed E-state index contributed by atoms with van der Waals surface area (Å²) in [5.74, 6) is 0.797. The van der Waals surface area contributed by atoms with E-state index in [4.69, 9.17) is 17.3 Å². The normalized spacial score (nSPS) is 10.6. The Kier molecular flexibility index (Phi) is 3.98. The highest BCUT2D eigenvalue weighted by atomic mass is 35.5. The third kappa shape index (κ3) is 3.49. The minimum Gasteiger partial charge on any atom is -0.368 e. The molecule has 0 unspecified atom stereocenters. The van der Waals surface area contributed by atoms with Crippen molar-refractivity contribution >= 4 is 29.1 Å². The molecule has 0 saturated carbocycles. The van der Waals surface area contributed by atoms with Crippen LogP contribution in [0.15, 0.2) is 30.7 Å². The first-order valence-electron chi connectivity index (χ1n) is 6.53. The fourth-order valence-corrected chi connectivity index (χ4v) is 2.11. The molecule has 3 rings (SSSR count). The van der Waals surface area contributed by atoms with Crippen molar-refractivity contribution in [1.29, 1.82) is 0 Å². The predicted octanol–water partition coefficient (Wildman–Crippen LogP) is 2.76. The summed E-state index contributed by atoms with van der Waals surface area (Å²) in [5, 5.41) is 3.37. The van der Waals surface area contributed by atoms with Crippen LogP contribution in [-0.2, 0) is 0 Å². The Labute approximate surface area is 135 Å². The van der Waals surface area contributed by atoms with Crippen molar-refractivity contribution < 1.29 is 4.39 Å². The lowest BCUT2D eigenvalue weighted by molar-refractivity contribution is 0.622. The smallest absolute Gasteiger partial charge is 0.223 e. The van der Waals surface area contributed by atoms with Gasteiger partial charge in [0.25, 0.3) is 0 Å². The molecule has 9 heteroatoms. The quantitative estimate of drug-likeness (QED) is 0.760. The lowest BCUT2D eigenvalue weighted by atomic mass is 10.2. The van der Waals surface area contributed by atoms with Crippen LogP contribution in [-0.4, -0.2) is 24.9 Å². The van der Waals surface area contributed by atoms with Gasteiger partial charge in [0.05, 0.1) is 28.7 Å². The summed E-state index contributed by atoms with van der Waals surface area (Å²) in [5.41, 5.74) is 6.61. The van der Waals surface area contributed by atoms with E-state index in [1.54, 1.807) is 13.0 Å². The molecule has 7 nitrogen and oxygen atoms in total. The van der Waals surface area contributed by atoms with Crippen LogP contribution in [0.1, 0.15) is 5.82 Å². The maximum absolute atomic E-state index is 13.3. The Balaban J connectivity index is 2.07. The molecule has 23 heavy (non-hydrogen) atoms. The zero-order valence-electron chi connectivity index (χ0n) is 12.0. The molecule has 0 amide bonds. The number of pyridine rings is 2. The van der Waals surface area contributed by atoms with Gasteiger partial charge in [-0.2, -0.15) is 9.97 Å². The first-order chi connectivity index (χ1) is 11.0. The van der Waals surface area contributed by atoms with Crippen molar-refractivity contribution in [2.45, 2.75) is 6.92 Å². The Hall–Kier alpha value is -2.87. The topological polar surface area (TPSA) is 102 Å². The minimum atomic E-state index is -0.467. The maximum atomic E-state index is 13.3. The minimum absolute atomic E-state index is 0.0887. The van der Waals surface area contributed by atoms with Crippen LogP contribution < -0.4 is 11.1 Å². The molecule has 0 bridgehead atoms.